The van der Waals surface area contributed by atoms with E-state index < -0.39 is 0 Å². The van der Waals surface area contributed by atoms with E-state index >= 15 is 0 Å². The van der Waals surface area contributed by atoms with Crippen molar-refractivity contribution in [2.24, 2.45) is 5.92 Å². The first-order valence-corrected chi connectivity index (χ1v) is 9.14. The molecule has 1 aromatic carbocycles. The summed E-state index contributed by atoms with van der Waals surface area (Å²) >= 11 is 0. The van der Waals surface area contributed by atoms with Crippen molar-refractivity contribution in [2.75, 3.05) is 5.32 Å². The van der Waals surface area contributed by atoms with E-state index in [2.05, 4.69) is 25.6 Å². The quantitative estimate of drug-likeness (QED) is 0.575. The molecule has 28 heavy (non-hydrogen) atoms. The Morgan fingerprint density at radius 3 is 2.71 bits per heavy atom. The van der Waals surface area contributed by atoms with Crippen LogP contribution < -0.4 is 5.32 Å². The van der Waals surface area contributed by atoms with E-state index in [9.17, 15) is 4.79 Å². The number of nitrogens with zero attached hydrogens (tertiary/aromatic N) is 5. The molecule has 1 N–H and O–H groups in total. The summed E-state index contributed by atoms with van der Waals surface area (Å²) in [6.45, 7) is 4.04. The molecule has 4 rings (SSSR count). The van der Waals surface area contributed by atoms with Crippen LogP contribution in [0.15, 0.2) is 60.8 Å². The summed E-state index contributed by atoms with van der Waals surface area (Å²) < 4.78 is 1.68. The molecule has 0 radical (unpaired) electrons. The van der Waals surface area contributed by atoms with Crippen molar-refractivity contribution in [3.63, 3.8) is 0 Å². The molecule has 0 bridgehead atoms. The molecule has 0 aliphatic carbocycles. The lowest BCUT2D eigenvalue weighted by Crippen LogP contribution is -2.13. The van der Waals surface area contributed by atoms with Crippen LogP contribution in [0, 0.1) is 5.92 Å². The van der Waals surface area contributed by atoms with E-state index in [1.807, 2.05) is 68.4 Å². The summed E-state index contributed by atoms with van der Waals surface area (Å²) in [5.41, 5.74) is 3.74. The maximum atomic E-state index is 12.1. The molecular formula is C21H20N6O. The Morgan fingerprint density at radius 2 is 1.93 bits per heavy atom. The van der Waals surface area contributed by atoms with Gasteiger partial charge in [0.2, 0.25) is 11.7 Å². The molecule has 0 spiro atoms. The highest BCUT2D eigenvalue weighted by atomic mass is 16.1. The number of carbonyl (C=O) groups is 1. The van der Waals surface area contributed by atoms with Crippen LogP contribution in [0.25, 0.3) is 28.4 Å². The van der Waals surface area contributed by atoms with Crippen LogP contribution in [0.2, 0.25) is 0 Å². The summed E-state index contributed by atoms with van der Waals surface area (Å²) in [6.07, 6.45) is 2.20. The number of carbonyl (C=O) groups excluding carboxylic acids is 1. The fourth-order valence-corrected chi connectivity index (χ4v) is 2.94. The Bertz CT molecular complexity index is 1120. The topological polar surface area (TPSA) is 85.1 Å². The highest BCUT2D eigenvalue weighted by Gasteiger charge is 2.12. The van der Waals surface area contributed by atoms with Crippen molar-refractivity contribution < 1.29 is 4.79 Å². The third kappa shape index (κ3) is 3.73. The van der Waals surface area contributed by atoms with E-state index in [0.717, 1.165) is 16.9 Å². The molecule has 0 atom stereocenters. The number of benzene rings is 1. The number of hydrogen-bond acceptors (Lipinski definition) is 5. The van der Waals surface area contributed by atoms with Gasteiger partial charge in [0, 0.05) is 23.9 Å². The van der Waals surface area contributed by atoms with Crippen molar-refractivity contribution in [3.8, 4) is 22.8 Å². The second-order valence-electron chi connectivity index (χ2n) is 6.95. The van der Waals surface area contributed by atoms with Crippen molar-refractivity contribution in [3.05, 3.63) is 60.8 Å². The standard InChI is InChI=1S/C21H20N6O/c1-14(2)12-20(28)23-16-7-5-6-15(13-16)17-9-10-19-24-25-21(27(19)26-17)18-8-3-4-11-22-18/h3-11,13-14H,12H2,1-2H3,(H,23,28). The molecule has 0 aliphatic heterocycles. The first kappa shape index (κ1) is 17.8. The maximum absolute atomic E-state index is 12.1. The molecule has 1 amide bonds. The van der Waals surface area contributed by atoms with Gasteiger partial charge in [-0.05, 0) is 42.3 Å². The molecule has 0 aliphatic rings. The number of amides is 1. The largest absolute Gasteiger partial charge is 0.326 e. The third-order valence-electron chi connectivity index (χ3n) is 4.19. The van der Waals surface area contributed by atoms with Crippen molar-refractivity contribution >= 4 is 17.2 Å². The van der Waals surface area contributed by atoms with E-state index in [0.29, 0.717) is 29.5 Å². The van der Waals surface area contributed by atoms with Gasteiger partial charge in [-0.25, -0.2) is 0 Å². The highest BCUT2D eigenvalue weighted by molar-refractivity contribution is 5.91. The molecule has 0 fully saturated rings. The third-order valence-corrected chi connectivity index (χ3v) is 4.19. The van der Waals surface area contributed by atoms with E-state index in [1.165, 1.54) is 0 Å². The van der Waals surface area contributed by atoms with Gasteiger partial charge in [-0.1, -0.05) is 32.0 Å². The smallest absolute Gasteiger partial charge is 0.224 e. The average molecular weight is 372 g/mol. The number of hydrogen-bond donors (Lipinski definition) is 1. The molecule has 0 saturated heterocycles. The van der Waals surface area contributed by atoms with Gasteiger partial charge in [0.25, 0.3) is 0 Å². The van der Waals surface area contributed by atoms with Gasteiger partial charge in [-0.2, -0.15) is 9.61 Å². The first-order chi connectivity index (χ1) is 13.6. The van der Waals surface area contributed by atoms with Gasteiger partial charge >= 0.3 is 0 Å². The van der Waals surface area contributed by atoms with E-state index in [1.54, 1.807) is 10.7 Å². The van der Waals surface area contributed by atoms with Crippen LogP contribution in [0.3, 0.4) is 0 Å². The lowest BCUT2D eigenvalue weighted by molar-refractivity contribution is -0.116. The lowest BCUT2D eigenvalue weighted by Gasteiger charge is -2.09. The van der Waals surface area contributed by atoms with Crippen molar-refractivity contribution in [1.82, 2.24) is 24.8 Å². The summed E-state index contributed by atoms with van der Waals surface area (Å²) in [6, 6.07) is 17.0. The van der Waals surface area contributed by atoms with Crippen LogP contribution >= 0.6 is 0 Å². The fourth-order valence-electron chi connectivity index (χ4n) is 2.94. The van der Waals surface area contributed by atoms with Crippen LogP contribution in [0.4, 0.5) is 5.69 Å². The van der Waals surface area contributed by atoms with Gasteiger partial charge in [-0.15, -0.1) is 10.2 Å². The minimum atomic E-state index is 0.00630. The Morgan fingerprint density at radius 1 is 1.04 bits per heavy atom. The minimum Gasteiger partial charge on any atom is -0.326 e. The Kier molecular flexibility index (Phi) is 4.80. The Balaban J connectivity index is 1.68. The second kappa shape index (κ2) is 7.56. The molecule has 3 aromatic heterocycles. The molecule has 0 saturated carbocycles. The number of fused-ring (bicyclic) bond motifs is 1. The minimum absolute atomic E-state index is 0.00630. The van der Waals surface area contributed by atoms with E-state index in [-0.39, 0.29) is 5.91 Å². The van der Waals surface area contributed by atoms with Gasteiger partial charge in [0.15, 0.2) is 5.65 Å². The van der Waals surface area contributed by atoms with Crippen molar-refractivity contribution in [2.45, 2.75) is 20.3 Å². The van der Waals surface area contributed by atoms with Crippen LogP contribution in [0.1, 0.15) is 20.3 Å². The normalized spacial score (nSPS) is 11.1. The van der Waals surface area contributed by atoms with Gasteiger partial charge < -0.3 is 5.32 Å². The molecule has 7 nitrogen and oxygen atoms in total. The monoisotopic (exact) mass is 372 g/mol. The van der Waals surface area contributed by atoms with Gasteiger partial charge in [0.05, 0.1) is 5.69 Å². The maximum Gasteiger partial charge on any atom is 0.224 e. The zero-order valence-corrected chi connectivity index (χ0v) is 15.7. The van der Waals surface area contributed by atoms with Crippen molar-refractivity contribution in [1.29, 1.82) is 0 Å². The molecule has 0 unspecified atom stereocenters. The predicted octanol–water partition coefficient (Wildman–Crippen LogP) is 3.84. The summed E-state index contributed by atoms with van der Waals surface area (Å²) in [7, 11) is 0. The fraction of sp³-hybridized carbons (Fsp3) is 0.190. The summed E-state index contributed by atoms with van der Waals surface area (Å²) in [5, 5.41) is 16.0. The summed E-state index contributed by atoms with van der Waals surface area (Å²) in [5.74, 6) is 0.900. The predicted molar refractivity (Wildman–Crippen MR) is 108 cm³/mol. The number of nitrogens with one attached hydrogen (secondary N) is 1. The molecular weight excluding hydrogens is 352 g/mol. The molecule has 7 heteroatoms. The Labute approximate surface area is 162 Å². The van der Waals surface area contributed by atoms with Crippen LogP contribution in [-0.4, -0.2) is 30.7 Å². The molecule has 140 valence electrons. The van der Waals surface area contributed by atoms with Crippen LogP contribution in [0.5, 0.6) is 0 Å². The molecule has 4 aromatic rings. The zero-order valence-electron chi connectivity index (χ0n) is 15.7. The average Bonchev–Trinajstić information content (AvgIpc) is 3.11. The zero-order chi connectivity index (χ0) is 19.5. The highest BCUT2D eigenvalue weighted by Crippen LogP contribution is 2.23. The summed E-state index contributed by atoms with van der Waals surface area (Å²) in [4.78, 5) is 16.4. The Hall–Kier alpha value is -3.61. The SMILES string of the molecule is CC(C)CC(=O)Nc1cccc(-c2ccc3nnc(-c4ccccn4)n3n2)c1. The number of pyridine rings is 1. The second-order valence-corrected chi connectivity index (χ2v) is 6.95. The van der Waals surface area contributed by atoms with Gasteiger partial charge in [0.1, 0.15) is 5.69 Å². The number of aromatic nitrogens is 5. The van der Waals surface area contributed by atoms with E-state index in [4.69, 9.17) is 0 Å². The van der Waals surface area contributed by atoms with Gasteiger partial charge in [-0.3, -0.25) is 9.78 Å². The van der Waals surface area contributed by atoms with Crippen LogP contribution in [-0.2, 0) is 4.79 Å². The molecule has 3 heterocycles. The number of anilines is 1. The first-order valence-electron chi connectivity index (χ1n) is 9.14. The number of rotatable bonds is 5. The lowest BCUT2D eigenvalue weighted by atomic mass is 10.1.